The monoisotopic (exact) mass is 303 g/mol. The van der Waals surface area contributed by atoms with Crippen LogP contribution in [0.2, 0.25) is 0 Å². The van der Waals surface area contributed by atoms with Gasteiger partial charge in [0.15, 0.2) is 0 Å². The van der Waals surface area contributed by atoms with E-state index in [1.54, 1.807) is 0 Å². The van der Waals surface area contributed by atoms with Crippen molar-refractivity contribution in [2.45, 2.75) is 37.1 Å². The van der Waals surface area contributed by atoms with Gasteiger partial charge in [-0.05, 0) is 25.7 Å². The van der Waals surface area contributed by atoms with Gasteiger partial charge in [-0.15, -0.1) is 0 Å². The molecule has 0 radical (unpaired) electrons. The Morgan fingerprint density at radius 2 is 1.74 bits per heavy atom. The van der Waals surface area contributed by atoms with Gasteiger partial charge in [-0.2, -0.15) is 17.5 Å². The molecule has 9 heteroatoms. The van der Waals surface area contributed by atoms with Crippen LogP contribution in [0.25, 0.3) is 0 Å². The van der Waals surface area contributed by atoms with E-state index in [0.29, 0.717) is 4.31 Å². The molecule has 1 saturated carbocycles. The van der Waals surface area contributed by atoms with E-state index in [4.69, 9.17) is 5.11 Å². The van der Waals surface area contributed by atoms with Crippen molar-refractivity contribution < 1.29 is 31.5 Å². The standard InChI is InChI=1S/C10H16F3NO4S/c1-14(6-9(15)16)19(17,18)8-4-2-7(3-5-8)10(11,12)13/h7-8H,2-6H2,1H3,(H,15,16). The predicted octanol–water partition coefficient (Wildman–Crippen LogP) is 1.45. The van der Waals surface area contributed by atoms with Crippen molar-refractivity contribution in [1.29, 1.82) is 0 Å². The van der Waals surface area contributed by atoms with Crippen LogP contribution in [0.15, 0.2) is 0 Å². The van der Waals surface area contributed by atoms with Crippen molar-refractivity contribution in [3.63, 3.8) is 0 Å². The largest absolute Gasteiger partial charge is 0.480 e. The summed E-state index contributed by atoms with van der Waals surface area (Å²) in [6.45, 7) is -0.679. The lowest BCUT2D eigenvalue weighted by Gasteiger charge is -2.31. The minimum Gasteiger partial charge on any atom is -0.480 e. The lowest BCUT2D eigenvalue weighted by Crippen LogP contribution is -2.42. The van der Waals surface area contributed by atoms with Gasteiger partial charge in [0, 0.05) is 7.05 Å². The number of sulfonamides is 1. The van der Waals surface area contributed by atoms with Gasteiger partial charge >= 0.3 is 12.1 Å². The molecule has 5 nitrogen and oxygen atoms in total. The molecule has 0 atom stereocenters. The second-order valence-corrected chi connectivity index (χ2v) is 7.03. The highest BCUT2D eigenvalue weighted by atomic mass is 32.2. The van der Waals surface area contributed by atoms with Crippen molar-refractivity contribution in [3.8, 4) is 0 Å². The number of carboxylic acid groups (broad SMARTS) is 1. The normalized spacial score (nSPS) is 25.5. The zero-order valence-corrected chi connectivity index (χ0v) is 11.2. The van der Waals surface area contributed by atoms with Gasteiger partial charge < -0.3 is 5.11 Å². The van der Waals surface area contributed by atoms with Gasteiger partial charge in [0.1, 0.15) is 6.54 Å². The zero-order chi connectivity index (χ0) is 14.8. The molecule has 0 amide bonds. The molecule has 0 bridgehead atoms. The highest BCUT2D eigenvalue weighted by Gasteiger charge is 2.44. The van der Waals surface area contributed by atoms with Crippen LogP contribution in [0.4, 0.5) is 13.2 Å². The molecule has 0 spiro atoms. The van der Waals surface area contributed by atoms with Gasteiger partial charge in [0.2, 0.25) is 10.0 Å². The molecule has 0 aromatic heterocycles. The number of rotatable bonds is 4. The fraction of sp³-hybridized carbons (Fsp3) is 0.900. The minimum atomic E-state index is -4.29. The van der Waals surface area contributed by atoms with Gasteiger partial charge in [-0.1, -0.05) is 0 Å². The summed E-state index contributed by atoms with van der Waals surface area (Å²) in [6, 6.07) is 0. The highest BCUT2D eigenvalue weighted by molar-refractivity contribution is 7.89. The number of carboxylic acids is 1. The summed E-state index contributed by atoms with van der Waals surface area (Å²) in [5.74, 6) is -2.75. The number of aliphatic carboxylic acids is 1. The molecule has 1 aliphatic rings. The van der Waals surface area contributed by atoms with E-state index in [9.17, 15) is 26.4 Å². The van der Waals surface area contributed by atoms with E-state index in [2.05, 4.69) is 0 Å². The summed E-state index contributed by atoms with van der Waals surface area (Å²) in [6.07, 6.45) is -4.92. The van der Waals surface area contributed by atoms with E-state index in [1.165, 1.54) is 0 Å². The average molecular weight is 303 g/mol. The topological polar surface area (TPSA) is 74.7 Å². The Labute approximate surface area is 109 Å². The Morgan fingerprint density at radius 1 is 1.26 bits per heavy atom. The summed E-state index contributed by atoms with van der Waals surface area (Å²) in [4.78, 5) is 10.5. The van der Waals surface area contributed by atoms with E-state index in [-0.39, 0.29) is 25.7 Å². The van der Waals surface area contributed by atoms with Gasteiger partial charge in [0.05, 0.1) is 11.2 Å². The number of halogens is 3. The molecule has 0 unspecified atom stereocenters. The number of hydrogen-bond acceptors (Lipinski definition) is 3. The Hall–Kier alpha value is -0.830. The van der Waals surface area contributed by atoms with Gasteiger partial charge in [-0.25, -0.2) is 8.42 Å². The van der Waals surface area contributed by atoms with Crippen LogP contribution in [0.5, 0.6) is 0 Å². The predicted molar refractivity (Wildman–Crippen MR) is 61.0 cm³/mol. The number of nitrogens with zero attached hydrogens (tertiary/aromatic N) is 1. The fourth-order valence-electron chi connectivity index (χ4n) is 2.22. The first kappa shape index (κ1) is 16.2. The molecule has 0 aliphatic heterocycles. The number of carbonyl (C=O) groups is 1. The zero-order valence-electron chi connectivity index (χ0n) is 10.4. The van der Waals surface area contributed by atoms with Crippen molar-refractivity contribution in [3.05, 3.63) is 0 Å². The molecule has 0 heterocycles. The Bertz CT molecular complexity index is 427. The fourth-order valence-corrected chi connectivity index (χ4v) is 3.89. The van der Waals surface area contributed by atoms with Crippen molar-refractivity contribution in [1.82, 2.24) is 4.31 Å². The molecule has 19 heavy (non-hydrogen) atoms. The van der Waals surface area contributed by atoms with Gasteiger partial charge in [-0.3, -0.25) is 4.79 Å². The quantitative estimate of drug-likeness (QED) is 0.853. The first-order chi connectivity index (χ1) is 8.55. The van der Waals surface area contributed by atoms with Crippen LogP contribution in [0.1, 0.15) is 25.7 Å². The van der Waals surface area contributed by atoms with Crippen LogP contribution >= 0.6 is 0 Å². The molecule has 112 valence electrons. The maximum atomic E-state index is 12.5. The summed E-state index contributed by atoms with van der Waals surface area (Å²) < 4.78 is 62.0. The average Bonchev–Trinajstić information content (AvgIpc) is 2.27. The Kier molecular flexibility index (Phi) is 4.83. The van der Waals surface area contributed by atoms with Gasteiger partial charge in [0.25, 0.3) is 0 Å². The van der Waals surface area contributed by atoms with E-state index in [0.717, 1.165) is 7.05 Å². The third-order valence-corrected chi connectivity index (χ3v) is 5.66. The van der Waals surface area contributed by atoms with Crippen LogP contribution in [0.3, 0.4) is 0 Å². The molecule has 1 aliphatic carbocycles. The number of likely N-dealkylation sites (N-methyl/N-ethyl adjacent to an activating group) is 1. The maximum Gasteiger partial charge on any atom is 0.391 e. The number of hydrogen-bond donors (Lipinski definition) is 1. The maximum absolute atomic E-state index is 12.5. The Morgan fingerprint density at radius 3 is 2.11 bits per heavy atom. The minimum absolute atomic E-state index is 0.0868. The molecular weight excluding hydrogens is 287 g/mol. The molecule has 1 fully saturated rings. The summed E-state index contributed by atoms with van der Waals surface area (Å²) in [5.41, 5.74) is 0. The van der Waals surface area contributed by atoms with Crippen LogP contribution in [-0.4, -0.2) is 48.8 Å². The molecule has 1 N–H and O–H groups in total. The Balaban J connectivity index is 2.66. The second-order valence-electron chi connectivity index (χ2n) is 4.71. The lowest BCUT2D eigenvalue weighted by molar-refractivity contribution is -0.181. The summed E-state index contributed by atoms with van der Waals surface area (Å²) in [7, 11) is -2.72. The van der Waals surface area contributed by atoms with Crippen LogP contribution in [0, 0.1) is 5.92 Å². The lowest BCUT2D eigenvalue weighted by atomic mass is 9.88. The SMILES string of the molecule is CN(CC(=O)O)S(=O)(=O)C1CCC(C(F)(F)F)CC1. The molecule has 0 aromatic carbocycles. The molecule has 1 rings (SSSR count). The molecular formula is C10H16F3NO4S. The van der Waals surface area contributed by atoms with Crippen molar-refractivity contribution in [2.75, 3.05) is 13.6 Å². The summed E-state index contributed by atoms with van der Waals surface area (Å²) in [5, 5.41) is 7.62. The van der Waals surface area contributed by atoms with E-state index < -0.39 is 39.9 Å². The van der Waals surface area contributed by atoms with Crippen LogP contribution < -0.4 is 0 Å². The van der Waals surface area contributed by atoms with Crippen molar-refractivity contribution >= 4 is 16.0 Å². The molecule has 0 saturated heterocycles. The second kappa shape index (κ2) is 5.66. The first-order valence-corrected chi connectivity index (χ1v) is 7.29. The molecule has 0 aromatic rings. The third kappa shape index (κ3) is 4.07. The summed E-state index contributed by atoms with van der Waals surface area (Å²) >= 11 is 0. The van der Waals surface area contributed by atoms with E-state index >= 15 is 0 Å². The van der Waals surface area contributed by atoms with E-state index in [1.807, 2.05) is 0 Å². The van der Waals surface area contributed by atoms with Crippen molar-refractivity contribution in [2.24, 2.45) is 5.92 Å². The van der Waals surface area contributed by atoms with Crippen LogP contribution in [-0.2, 0) is 14.8 Å². The third-order valence-electron chi connectivity index (χ3n) is 3.35. The number of alkyl halides is 3. The first-order valence-electron chi connectivity index (χ1n) is 5.78. The highest BCUT2D eigenvalue weighted by Crippen LogP contribution is 2.39. The smallest absolute Gasteiger partial charge is 0.391 e.